The van der Waals surface area contributed by atoms with E-state index >= 15 is 0 Å². The topological polar surface area (TPSA) is 49.8 Å². The van der Waals surface area contributed by atoms with Crippen molar-refractivity contribution in [3.05, 3.63) is 47.3 Å². The molecule has 5 heteroatoms. The number of carbonyl (C=O) groups is 1. The van der Waals surface area contributed by atoms with Crippen molar-refractivity contribution >= 4 is 27.3 Å². The van der Waals surface area contributed by atoms with E-state index in [0.717, 1.165) is 15.6 Å². The predicted octanol–water partition coefficient (Wildman–Crippen LogP) is 4.76. The average Bonchev–Trinajstić information content (AvgIpc) is 3.02. The Morgan fingerprint density at radius 2 is 1.84 bits per heavy atom. The molecule has 0 unspecified atom stereocenters. The number of rotatable bonds is 5. The minimum absolute atomic E-state index is 0.0107. The Morgan fingerprint density at radius 1 is 1.12 bits per heavy atom. The first-order valence-corrected chi connectivity index (χ1v) is 9.11. The molecule has 0 saturated carbocycles. The molecule has 0 radical (unpaired) electrons. The van der Waals surface area contributed by atoms with Crippen molar-refractivity contribution in [1.82, 2.24) is 4.90 Å². The highest BCUT2D eigenvalue weighted by Crippen LogP contribution is 2.45. The Kier molecular flexibility index (Phi) is 4.95. The quantitative estimate of drug-likeness (QED) is 0.717. The Bertz CT molecular complexity index is 912. The monoisotopic (exact) mass is 355 g/mol. The highest BCUT2D eigenvalue weighted by atomic mass is 32.1. The minimum Gasteiger partial charge on any atom is -0.504 e. The van der Waals surface area contributed by atoms with E-state index in [9.17, 15) is 9.90 Å². The van der Waals surface area contributed by atoms with Gasteiger partial charge < -0.3 is 14.7 Å². The lowest BCUT2D eigenvalue weighted by molar-refractivity contribution is 0.0778. The maximum Gasteiger partial charge on any atom is 0.264 e. The molecule has 0 aliphatic carbocycles. The summed E-state index contributed by atoms with van der Waals surface area (Å²) >= 11 is 1.46. The molecular weight excluding hydrogens is 334 g/mol. The van der Waals surface area contributed by atoms with Gasteiger partial charge in [0.05, 0.1) is 7.11 Å². The summed E-state index contributed by atoms with van der Waals surface area (Å²) in [6.07, 6.45) is 0. The summed E-state index contributed by atoms with van der Waals surface area (Å²) in [6.45, 7) is 5.23. The van der Waals surface area contributed by atoms with Crippen LogP contribution in [0.15, 0.2) is 42.5 Å². The second-order valence-electron chi connectivity index (χ2n) is 5.64. The molecule has 3 aromatic rings. The molecular formula is C20H21NO3S. The number of para-hydroxylation sites is 1. The SMILES string of the molecule is CCN(CC)C(=O)c1sc2ccccc2c1-c1cccc(OC)c1O. The summed E-state index contributed by atoms with van der Waals surface area (Å²) in [4.78, 5) is 15.5. The fourth-order valence-corrected chi connectivity index (χ4v) is 4.19. The fourth-order valence-electron chi connectivity index (χ4n) is 3.01. The van der Waals surface area contributed by atoms with Gasteiger partial charge in [-0.3, -0.25) is 4.79 Å². The summed E-state index contributed by atoms with van der Waals surface area (Å²) < 4.78 is 6.27. The second-order valence-corrected chi connectivity index (χ2v) is 6.69. The summed E-state index contributed by atoms with van der Waals surface area (Å²) in [5, 5.41) is 11.6. The number of phenolic OH excluding ortho intramolecular Hbond substituents is 1. The van der Waals surface area contributed by atoms with Gasteiger partial charge in [0, 0.05) is 34.3 Å². The number of phenols is 1. The lowest BCUT2D eigenvalue weighted by Gasteiger charge is -2.19. The first-order chi connectivity index (χ1) is 12.1. The van der Waals surface area contributed by atoms with Crippen LogP contribution in [0.5, 0.6) is 11.5 Å². The van der Waals surface area contributed by atoms with Crippen molar-refractivity contribution in [2.24, 2.45) is 0 Å². The lowest BCUT2D eigenvalue weighted by Crippen LogP contribution is -2.30. The van der Waals surface area contributed by atoms with E-state index in [1.165, 1.54) is 18.4 Å². The maximum atomic E-state index is 13.1. The van der Waals surface area contributed by atoms with Gasteiger partial charge >= 0.3 is 0 Å². The van der Waals surface area contributed by atoms with E-state index in [4.69, 9.17) is 4.74 Å². The summed E-state index contributed by atoms with van der Waals surface area (Å²) in [6, 6.07) is 13.2. The van der Waals surface area contributed by atoms with Crippen LogP contribution in [0.3, 0.4) is 0 Å². The van der Waals surface area contributed by atoms with Crippen molar-refractivity contribution < 1.29 is 14.6 Å². The van der Waals surface area contributed by atoms with Crippen LogP contribution in [0.2, 0.25) is 0 Å². The van der Waals surface area contributed by atoms with E-state index < -0.39 is 0 Å². The number of hydrogen-bond acceptors (Lipinski definition) is 4. The third-order valence-electron chi connectivity index (χ3n) is 4.33. The van der Waals surface area contributed by atoms with Gasteiger partial charge in [-0.1, -0.05) is 30.3 Å². The predicted molar refractivity (Wildman–Crippen MR) is 103 cm³/mol. The smallest absolute Gasteiger partial charge is 0.264 e. The number of aromatic hydroxyl groups is 1. The number of thiophene rings is 1. The molecule has 0 aliphatic rings. The van der Waals surface area contributed by atoms with Gasteiger partial charge in [0.1, 0.15) is 4.88 Å². The van der Waals surface area contributed by atoms with Crippen LogP contribution in [0, 0.1) is 0 Å². The van der Waals surface area contributed by atoms with Crippen LogP contribution < -0.4 is 4.74 Å². The third kappa shape index (κ3) is 2.96. The molecule has 130 valence electrons. The number of methoxy groups -OCH3 is 1. The van der Waals surface area contributed by atoms with Crippen LogP contribution >= 0.6 is 11.3 Å². The van der Waals surface area contributed by atoms with Crippen molar-refractivity contribution in [3.63, 3.8) is 0 Å². The molecule has 1 amide bonds. The van der Waals surface area contributed by atoms with Crippen molar-refractivity contribution in [3.8, 4) is 22.6 Å². The number of amides is 1. The Labute approximate surface area is 151 Å². The van der Waals surface area contributed by atoms with E-state index in [1.807, 2.05) is 50.2 Å². The molecule has 0 aliphatic heterocycles. The molecule has 0 saturated heterocycles. The summed E-state index contributed by atoms with van der Waals surface area (Å²) in [7, 11) is 1.52. The summed E-state index contributed by atoms with van der Waals surface area (Å²) in [5.74, 6) is 0.444. The number of nitrogens with zero attached hydrogens (tertiary/aromatic N) is 1. The van der Waals surface area contributed by atoms with E-state index in [0.29, 0.717) is 29.3 Å². The number of ether oxygens (including phenoxy) is 1. The number of carbonyl (C=O) groups excluding carboxylic acids is 1. The van der Waals surface area contributed by atoms with Gasteiger partial charge in [-0.15, -0.1) is 11.3 Å². The van der Waals surface area contributed by atoms with Gasteiger partial charge in [-0.2, -0.15) is 0 Å². The van der Waals surface area contributed by atoms with Crippen LogP contribution in [0.25, 0.3) is 21.2 Å². The summed E-state index contributed by atoms with van der Waals surface area (Å²) in [5.41, 5.74) is 1.39. The minimum atomic E-state index is -0.0107. The molecule has 4 nitrogen and oxygen atoms in total. The fraction of sp³-hybridized carbons (Fsp3) is 0.250. The molecule has 0 fully saturated rings. The van der Waals surface area contributed by atoms with Crippen LogP contribution in [-0.2, 0) is 0 Å². The van der Waals surface area contributed by atoms with Crippen LogP contribution in [0.1, 0.15) is 23.5 Å². The number of hydrogen-bond donors (Lipinski definition) is 1. The zero-order valence-corrected chi connectivity index (χ0v) is 15.4. The zero-order valence-electron chi connectivity index (χ0n) is 14.6. The first-order valence-electron chi connectivity index (χ1n) is 8.29. The van der Waals surface area contributed by atoms with Crippen molar-refractivity contribution in [2.45, 2.75) is 13.8 Å². The largest absolute Gasteiger partial charge is 0.504 e. The van der Waals surface area contributed by atoms with Crippen molar-refractivity contribution in [2.75, 3.05) is 20.2 Å². The van der Waals surface area contributed by atoms with Gasteiger partial charge in [0.25, 0.3) is 5.91 Å². The second kappa shape index (κ2) is 7.15. The van der Waals surface area contributed by atoms with Gasteiger partial charge in [0.15, 0.2) is 11.5 Å². The first kappa shape index (κ1) is 17.3. The van der Waals surface area contributed by atoms with E-state index in [1.54, 1.807) is 11.0 Å². The third-order valence-corrected chi connectivity index (χ3v) is 5.49. The molecule has 2 aromatic carbocycles. The number of fused-ring (bicyclic) bond motifs is 1. The molecule has 1 heterocycles. The molecule has 0 bridgehead atoms. The Morgan fingerprint density at radius 3 is 2.52 bits per heavy atom. The van der Waals surface area contributed by atoms with Crippen LogP contribution in [-0.4, -0.2) is 36.1 Å². The van der Waals surface area contributed by atoms with Gasteiger partial charge in [-0.05, 0) is 26.0 Å². The van der Waals surface area contributed by atoms with Crippen molar-refractivity contribution in [1.29, 1.82) is 0 Å². The zero-order chi connectivity index (χ0) is 18.0. The molecule has 0 atom stereocenters. The molecule has 25 heavy (non-hydrogen) atoms. The van der Waals surface area contributed by atoms with Gasteiger partial charge in [0.2, 0.25) is 0 Å². The molecule has 1 N–H and O–H groups in total. The lowest BCUT2D eigenvalue weighted by atomic mass is 10.00. The Hall–Kier alpha value is -2.53. The Balaban J connectivity index is 2.30. The maximum absolute atomic E-state index is 13.1. The van der Waals surface area contributed by atoms with Gasteiger partial charge in [-0.25, -0.2) is 0 Å². The normalized spacial score (nSPS) is 10.8. The number of benzene rings is 2. The highest BCUT2D eigenvalue weighted by molar-refractivity contribution is 7.21. The van der Waals surface area contributed by atoms with E-state index in [2.05, 4.69) is 0 Å². The average molecular weight is 355 g/mol. The molecule has 0 spiro atoms. The highest BCUT2D eigenvalue weighted by Gasteiger charge is 2.25. The standard InChI is InChI=1S/C20H21NO3S/c1-4-21(5-2)20(23)19-17(13-9-6-7-12-16(13)25-19)14-10-8-11-15(24-3)18(14)22/h6-12,22H,4-5H2,1-3H3. The van der Waals surface area contributed by atoms with E-state index in [-0.39, 0.29) is 11.7 Å². The van der Waals surface area contributed by atoms with Crippen LogP contribution in [0.4, 0.5) is 0 Å². The molecule has 1 aromatic heterocycles. The molecule has 3 rings (SSSR count).